The average molecular weight is 186 g/mol. The first kappa shape index (κ1) is 16.6. The minimum absolute atomic E-state index is 0. The Hall–Kier alpha value is 0.146. The Kier molecular flexibility index (Phi) is 12.1. The van der Waals surface area contributed by atoms with Crippen molar-refractivity contribution in [1.29, 1.82) is 0 Å². The summed E-state index contributed by atoms with van der Waals surface area (Å²) in [4.78, 5) is 30.1. The van der Waals surface area contributed by atoms with Crippen molar-refractivity contribution >= 4 is 37.0 Å². The predicted molar refractivity (Wildman–Crippen MR) is 32.9 cm³/mol. The Morgan fingerprint density at radius 2 is 1.20 bits per heavy atom. The van der Waals surface area contributed by atoms with Crippen LogP contribution in [-0.2, 0) is 4.57 Å². The van der Waals surface area contributed by atoms with Crippen LogP contribution >= 0.6 is 7.82 Å². The van der Waals surface area contributed by atoms with E-state index in [2.05, 4.69) is 0 Å². The molecular weight excluding hydrogens is 179 g/mol. The van der Waals surface area contributed by atoms with Crippen LogP contribution in [0, 0.1) is 0 Å². The second-order valence-electron chi connectivity index (χ2n) is 0.796. The zero-order chi connectivity index (χ0) is 8.08. The molecule has 0 fully saturated rings. The van der Waals surface area contributed by atoms with Crippen molar-refractivity contribution in [3.8, 4) is 0 Å². The molecule has 7 nitrogen and oxygen atoms in total. The van der Waals surface area contributed by atoms with Gasteiger partial charge in [0.25, 0.3) is 0 Å². The summed E-state index contributed by atoms with van der Waals surface area (Å²) in [6, 6.07) is 0. The van der Waals surface area contributed by atoms with E-state index in [4.69, 9.17) is 34.3 Å². The van der Waals surface area contributed by atoms with E-state index < -0.39 is 14.0 Å². The van der Waals surface area contributed by atoms with E-state index in [0.29, 0.717) is 0 Å². The monoisotopic (exact) mass is 186 g/mol. The molecular formula is CH7MgO7P. The molecule has 0 amide bonds. The standard InChI is InChI=1S/CH2O3.Mg.H3O4P.2H/c2-1(3)4;;1-5(2,3)4;;/h(H2,2,3,4);;(H3,1,2,3,4);;/q;+2;;2*-1. The maximum atomic E-state index is 8.88. The van der Waals surface area contributed by atoms with Gasteiger partial charge in [0, 0.05) is 0 Å². The van der Waals surface area contributed by atoms with Crippen molar-refractivity contribution in [2.45, 2.75) is 0 Å². The molecule has 0 spiro atoms. The minimum atomic E-state index is -4.64. The normalized spacial score (nSPS) is 8.30. The first-order valence-electron chi connectivity index (χ1n) is 1.43. The summed E-state index contributed by atoms with van der Waals surface area (Å²) < 4.78 is 8.88. The molecule has 0 aliphatic heterocycles. The summed E-state index contributed by atoms with van der Waals surface area (Å²) in [6.07, 6.45) is -1.83. The molecule has 0 aliphatic rings. The van der Waals surface area contributed by atoms with Gasteiger partial charge in [0.2, 0.25) is 0 Å². The zero-order valence-electron chi connectivity index (χ0n) is 6.71. The van der Waals surface area contributed by atoms with Gasteiger partial charge in [-0.3, -0.25) is 0 Å². The molecule has 0 aliphatic carbocycles. The summed E-state index contributed by atoms with van der Waals surface area (Å²) in [7, 11) is -4.64. The maximum absolute atomic E-state index is 8.88. The minimum Gasteiger partial charge on any atom is -1.00 e. The van der Waals surface area contributed by atoms with Crippen molar-refractivity contribution in [2.75, 3.05) is 0 Å². The molecule has 0 unspecified atom stereocenters. The van der Waals surface area contributed by atoms with Crippen molar-refractivity contribution in [2.24, 2.45) is 0 Å². The molecule has 60 valence electrons. The molecule has 0 aromatic rings. The predicted octanol–water partition coefficient (Wildman–Crippen LogP) is -0.862. The molecule has 0 saturated carbocycles. The topological polar surface area (TPSA) is 135 Å². The van der Waals surface area contributed by atoms with Crippen LogP contribution in [0.25, 0.3) is 0 Å². The molecule has 0 saturated heterocycles. The fraction of sp³-hybridized carbons (Fsp3) is 0. The van der Waals surface area contributed by atoms with E-state index >= 15 is 0 Å². The first-order valence-corrected chi connectivity index (χ1v) is 3.00. The molecule has 9 heteroatoms. The summed E-state index contributed by atoms with van der Waals surface area (Å²) in [5.41, 5.74) is 0. The molecule has 0 rings (SSSR count). The van der Waals surface area contributed by atoms with Crippen LogP contribution in [0.3, 0.4) is 0 Å². The second-order valence-corrected chi connectivity index (χ2v) is 1.82. The van der Waals surface area contributed by atoms with E-state index in [9.17, 15) is 0 Å². The Labute approximate surface area is 74.7 Å². The molecule has 5 N–H and O–H groups in total. The average Bonchev–Trinajstić information content (AvgIpc) is 1.19. The van der Waals surface area contributed by atoms with Crippen LogP contribution in [0.1, 0.15) is 2.85 Å². The number of rotatable bonds is 0. The molecule has 0 radical (unpaired) electrons. The van der Waals surface area contributed by atoms with Gasteiger partial charge < -0.3 is 27.7 Å². The maximum Gasteiger partial charge on any atom is 2.00 e. The van der Waals surface area contributed by atoms with Crippen LogP contribution in [0.2, 0.25) is 0 Å². The summed E-state index contributed by atoms with van der Waals surface area (Å²) in [5.74, 6) is 0. The van der Waals surface area contributed by atoms with Crippen LogP contribution in [0.4, 0.5) is 4.79 Å². The van der Waals surface area contributed by atoms with Gasteiger partial charge in [-0.2, -0.15) is 0 Å². The third kappa shape index (κ3) is 19500. The molecule has 0 bridgehead atoms. The van der Waals surface area contributed by atoms with Crippen molar-refractivity contribution in [1.82, 2.24) is 0 Å². The first-order chi connectivity index (χ1) is 3.73. The fourth-order valence-electron chi connectivity index (χ4n) is 0. The van der Waals surface area contributed by atoms with Gasteiger partial charge in [0.1, 0.15) is 0 Å². The Morgan fingerprint density at radius 1 is 1.20 bits per heavy atom. The van der Waals surface area contributed by atoms with E-state index in [1.807, 2.05) is 0 Å². The number of hydrogen-bond acceptors (Lipinski definition) is 2. The Balaban J connectivity index is -0.0000000221. The van der Waals surface area contributed by atoms with Crippen molar-refractivity contribution in [3.63, 3.8) is 0 Å². The quantitative estimate of drug-likeness (QED) is 0.245. The third-order valence-electron chi connectivity index (χ3n) is 0. The summed E-state index contributed by atoms with van der Waals surface area (Å²) >= 11 is 0. The van der Waals surface area contributed by atoms with E-state index in [0.717, 1.165) is 0 Å². The molecule has 0 aromatic carbocycles. The van der Waals surface area contributed by atoms with Crippen LogP contribution in [-0.4, -0.2) is 54.1 Å². The van der Waals surface area contributed by atoms with Gasteiger partial charge >= 0.3 is 37.0 Å². The Morgan fingerprint density at radius 3 is 1.20 bits per heavy atom. The smallest absolute Gasteiger partial charge is 1.00 e. The zero-order valence-corrected chi connectivity index (χ0v) is 7.02. The van der Waals surface area contributed by atoms with Gasteiger partial charge in [-0.25, -0.2) is 9.36 Å². The second kappa shape index (κ2) is 7.26. The van der Waals surface area contributed by atoms with Crippen LogP contribution in [0.5, 0.6) is 0 Å². The molecule has 0 atom stereocenters. The number of carbonyl (C=O) groups is 1. The molecule has 0 heterocycles. The largest absolute Gasteiger partial charge is 2.00 e. The van der Waals surface area contributed by atoms with Crippen LogP contribution < -0.4 is 0 Å². The molecule has 10 heavy (non-hydrogen) atoms. The van der Waals surface area contributed by atoms with Crippen LogP contribution in [0.15, 0.2) is 0 Å². The summed E-state index contributed by atoms with van der Waals surface area (Å²) in [5, 5.41) is 13.9. The van der Waals surface area contributed by atoms with Gasteiger partial charge in [-0.1, -0.05) is 0 Å². The van der Waals surface area contributed by atoms with Gasteiger partial charge in [0.05, 0.1) is 0 Å². The summed E-state index contributed by atoms with van der Waals surface area (Å²) in [6.45, 7) is 0. The van der Waals surface area contributed by atoms with Crippen molar-refractivity contribution < 1.29 is 37.1 Å². The van der Waals surface area contributed by atoms with Gasteiger partial charge in [-0.05, 0) is 0 Å². The third-order valence-corrected chi connectivity index (χ3v) is 0. The molecule has 0 aromatic heterocycles. The number of phosphoric acid groups is 1. The van der Waals surface area contributed by atoms with E-state index in [1.165, 1.54) is 0 Å². The van der Waals surface area contributed by atoms with Gasteiger partial charge in [0.15, 0.2) is 0 Å². The van der Waals surface area contributed by atoms with E-state index in [1.54, 1.807) is 0 Å². The Bertz CT molecular complexity index is 121. The number of carboxylic acid groups (broad SMARTS) is 2. The van der Waals surface area contributed by atoms with E-state index in [-0.39, 0.29) is 25.9 Å². The SMILES string of the molecule is O=C(O)O.O=P(O)(O)O.[H-].[H-].[Mg+2]. The number of hydrogen-bond donors (Lipinski definition) is 5. The van der Waals surface area contributed by atoms with Crippen molar-refractivity contribution in [3.05, 3.63) is 0 Å². The van der Waals surface area contributed by atoms with Gasteiger partial charge in [-0.15, -0.1) is 0 Å². The fourth-order valence-corrected chi connectivity index (χ4v) is 0.